The van der Waals surface area contributed by atoms with Crippen molar-refractivity contribution in [3.8, 4) is 0 Å². The lowest BCUT2D eigenvalue weighted by Crippen LogP contribution is -2.32. The molecule has 0 saturated heterocycles. The number of para-hydroxylation sites is 1. The largest absolute Gasteiger partial charge is 0.439 e. The molecule has 6 heteroatoms. The summed E-state index contributed by atoms with van der Waals surface area (Å²) in [7, 11) is 0. The van der Waals surface area contributed by atoms with Crippen molar-refractivity contribution in [1.82, 2.24) is 9.55 Å². The molecule has 6 nitrogen and oxygen atoms in total. The van der Waals surface area contributed by atoms with Crippen molar-refractivity contribution < 1.29 is 14.3 Å². The van der Waals surface area contributed by atoms with E-state index in [1.807, 2.05) is 31.2 Å². The van der Waals surface area contributed by atoms with Gasteiger partial charge in [0.15, 0.2) is 0 Å². The van der Waals surface area contributed by atoms with Gasteiger partial charge in [0.1, 0.15) is 5.69 Å². The second-order valence-electron chi connectivity index (χ2n) is 10.6. The molecule has 0 bridgehead atoms. The summed E-state index contributed by atoms with van der Waals surface area (Å²) < 4.78 is 8.81. The number of pyridine rings is 1. The van der Waals surface area contributed by atoms with E-state index in [9.17, 15) is 9.59 Å². The van der Waals surface area contributed by atoms with Gasteiger partial charge in [-0.3, -0.25) is 9.78 Å². The average Bonchev–Trinajstić information content (AvgIpc) is 3.37. The molecule has 1 aliphatic heterocycles. The molecule has 5 rings (SSSR count). The highest BCUT2D eigenvalue weighted by Crippen LogP contribution is 2.52. The highest BCUT2D eigenvalue weighted by molar-refractivity contribution is 5.99. The van der Waals surface area contributed by atoms with Crippen LogP contribution in [0.5, 0.6) is 0 Å². The SMILES string of the molecule is CCCCCCCCn1c(C)c(C2(c3ccc(C)cc3NC(C)=O)OC(=O)c3cccnc32)c2ccccc21. The first-order valence-electron chi connectivity index (χ1n) is 14.0. The van der Waals surface area contributed by atoms with Crippen LogP contribution in [0.4, 0.5) is 5.69 Å². The Morgan fingerprint density at radius 1 is 1.00 bits per heavy atom. The maximum Gasteiger partial charge on any atom is 0.341 e. The predicted molar refractivity (Wildman–Crippen MR) is 155 cm³/mol. The van der Waals surface area contributed by atoms with Gasteiger partial charge in [-0.25, -0.2) is 4.79 Å². The number of carbonyl (C=O) groups is 2. The molecule has 0 fully saturated rings. The monoisotopic (exact) mass is 523 g/mol. The highest BCUT2D eigenvalue weighted by Gasteiger charge is 2.53. The van der Waals surface area contributed by atoms with E-state index in [0.29, 0.717) is 22.5 Å². The first kappa shape index (κ1) is 26.7. The summed E-state index contributed by atoms with van der Waals surface area (Å²) in [5.74, 6) is -0.607. The van der Waals surface area contributed by atoms with Crippen LogP contribution in [0.2, 0.25) is 0 Å². The summed E-state index contributed by atoms with van der Waals surface area (Å²) in [5, 5.41) is 4.01. The number of cyclic esters (lactones) is 1. The Hall–Kier alpha value is -3.93. The number of esters is 1. The lowest BCUT2D eigenvalue weighted by atomic mass is 9.80. The molecule has 4 aromatic rings. The number of rotatable bonds is 10. The highest BCUT2D eigenvalue weighted by atomic mass is 16.6. The topological polar surface area (TPSA) is 73.2 Å². The van der Waals surface area contributed by atoms with Gasteiger partial charge in [-0.1, -0.05) is 69.4 Å². The van der Waals surface area contributed by atoms with Gasteiger partial charge < -0.3 is 14.6 Å². The molecule has 202 valence electrons. The van der Waals surface area contributed by atoms with Crippen molar-refractivity contribution in [2.45, 2.75) is 78.4 Å². The summed E-state index contributed by atoms with van der Waals surface area (Å²) in [6.07, 6.45) is 8.98. The first-order valence-corrected chi connectivity index (χ1v) is 14.0. The Morgan fingerprint density at radius 3 is 2.56 bits per heavy atom. The summed E-state index contributed by atoms with van der Waals surface area (Å²) in [6, 6.07) is 17.7. The van der Waals surface area contributed by atoms with Crippen LogP contribution in [0.1, 0.15) is 90.8 Å². The summed E-state index contributed by atoms with van der Waals surface area (Å²) in [4.78, 5) is 30.5. The van der Waals surface area contributed by atoms with Crippen LogP contribution in [-0.4, -0.2) is 21.4 Å². The number of unbranched alkanes of at least 4 members (excludes halogenated alkanes) is 5. The standard InChI is InChI=1S/C33H37N3O3/c1-5-6-7-8-9-12-20-36-23(3)30(25-14-10-11-16-29(25)36)33(31-26(32(38)39-33)15-13-19-34-31)27-18-17-22(2)21-28(27)35-24(4)37/h10-11,13-19,21H,5-9,12,20H2,1-4H3,(H,35,37). The molecule has 3 heterocycles. The van der Waals surface area contributed by atoms with Crippen LogP contribution in [-0.2, 0) is 21.7 Å². The number of aromatic nitrogens is 2. The van der Waals surface area contributed by atoms with Gasteiger partial charge in [0, 0.05) is 53.1 Å². The van der Waals surface area contributed by atoms with E-state index in [1.165, 1.54) is 39.0 Å². The number of nitrogens with zero attached hydrogens (tertiary/aromatic N) is 2. The van der Waals surface area contributed by atoms with Crippen molar-refractivity contribution >= 4 is 28.5 Å². The second kappa shape index (κ2) is 11.0. The number of fused-ring (bicyclic) bond motifs is 2. The zero-order valence-electron chi connectivity index (χ0n) is 23.3. The molecule has 1 unspecified atom stereocenters. The van der Waals surface area contributed by atoms with E-state index in [2.05, 4.69) is 41.9 Å². The molecular formula is C33H37N3O3. The molecule has 0 saturated carbocycles. The molecule has 2 aromatic heterocycles. The Morgan fingerprint density at radius 2 is 1.77 bits per heavy atom. The van der Waals surface area contributed by atoms with Crippen molar-refractivity contribution in [2.24, 2.45) is 0 Å². The summed E-state index contributed by atoms with van der Waals surface area (Å²) in [5.41, 5.74) is 5.01. The number of nitrogens with one attached hydrogen (secondary N) is 1. The maximum absolute atomic E-state index is 13.4. The molecule has 1 N–H and O–H groups in total. The first-order chi connectivity index (χ1) is 18.9. The molecule has 0 radical (unpaired) electrons. The van der Waals surface area contributed by atoms with E-state index in [1.54, 1.807) is 18.3 Å². The van der Waals surface area contributed by atoms with Crippen LogP contribution in [0.25, 0.3) is 10.9 Å². The molecule has 1 aliphatic rings. The van der Waals surface area contributed by atoms with Gasteiger partial charge >= 0.3 is 5.97 Å². The lowest BCUT2D eigenvalue weighted by Gasteiger charge is -2.31. The quantitative estimate of drug-likeness (QED) is 0.173. The Kier molecular flexibility index (Phi) is 7.56. The van der Waals surface area contributed by atoms with E-state index >= 15 is 0 Å². The fourth-order valence-corrected chi connectivity index (χ4v) is 6.05. The van der Waals surface area contributed by atoms with Crippen LogP contribution in [0, 0.1) is 13.8 Å². The molecule has 1 amide bonds. The number of anilines is 1. The third-order valence-corrected chi connectivity index (χ3v) is 7.79. The van der Waals surface area contributed by atoms with Crippen LogP contribution in [0.15, 0.2) is 60.8 Å². The van der Waals surface area contributed by atoms with E-state index in [0.717, 1.165) is 40.7 Å². The summed E-state index contributed by atoms with van der Waals surface area (Å²) >= 11 is 0. The normalized spacial score (nSPS) is 16.4. The molecule has 1 atom stereocenters. The zero-order chi connectivity index (χ0) is 27.6. The van der Waals surface area contributed by atoms with Gasteiger partial charge in [-0.2, -0.15) is 0 Å². The maximum atomic E-state index is 13.4. The third kappa shape index (κ3) is 4.73. The molecule has 0 spiro atoms. The fraction of sp³-hybridized carbons (Fsp3) is 0.364. The number of benzene rings is 2. The Bertz CT molecular complexity index is 1540. The fourth-order valence-electron chi connectivity index (χ4n) is 6.05. The average molecular weight is 524 g/mol. The molecule has 2 aromatic carbocycles. The van der Waals surface area contributed by atoms with Crippen molar-refractivity contribution in [2.75, 3.05) is 5.32 Å². The molecule has 0 aliphatic carbocycles. The van der Waals surface area contributed by atoms with Crippen LogP contribution >= 0.6 is 0 Å². The van der Waals surface area contributed by atoms with Gasteiger partial charge in [0.05, 0.1) is 5.56 Å². The number of hydrogen-bond acceptors (Lipinski definition) is 4. The van der Waals surface area contributed by atoms with Crippen molar-refractivity contribution in [1.29, 1.82) is 0 Å². The van der Waals surface area contributed by atoms with Gasteiger partial charge in [0.25, 0.3) is 0 Å². The Labute approximate surface area is 230 Å². The lowest BCUT2D eigenvalue weighted by molar-refractivity contribution is -0.114. The van der Waals surface area contributed by atoms with Crippen LogP contribution in [0.3, 0.4) is 0 Å². The zero-order valence-corrected chi connectivity index (χ0v) is 23.3. The van der Waals surface area contributed by atoms with Crippen molar-refractivity contribution in [3.05, 3.63) is 94.4 Å². The van der Waals surface area contributed by atoms with Crippen molar-refractivity contribution in [3.63, 3.8) is 0 Å². The third-order valence-electron chi connectivity index (χ3n) is 7.79. The number of amides is 1. The second-order valence-corrected chi connectivity index (χ2v) is 10.6. The van der Waals surface area contributed by atoms with E-state index in [4.69, 9.17) is 9.72 Å². The minimum atomic E-state index is -1.31. The van der Waals surface area contributed by atoms with Gasteiger partial charge in [-0.15, -0.1) is 0 Å². The van der Waals surface area contributed by atoms with E-state index < -0.39 is 11.6 Å². The van der Waals surface area contributed by atoms with Gasteiger partial charge in [-0.05, 0) is 50.1 Å². The summed E-state index contributed by atoms with van der Waals surface area (Å²) in [6.45, 7) is 8.69. The minimum Gasteiger partial charge on any atom is -0.439 e. The number of aryl methyl sites for hydroxylation is 2. The van der Waals surface area contributed by atoms with Crippen LogP contribution < -0.4 is 5.32 Å². The smallest absolute Gasteiger partial charge is 0.341 e. The number of hydrogen-bond donors (Lipinski definition) is 1. The predicted octanol–water partition coefficient (Wildman–Crippen LogP) is 7.43. The molecular weight excluding hydrogens is 486 g/mol. The Balaban J connectivity index is 1.74. The molecule has 39 heavy (non-hydrogen) atoms. The van der Waals surface area contributed by atoms with E-state index in [-0.39, 0.29) is 5.91 Å². The number of ether oxygens (including phenoxy) is 1. The van der Waals surface area contributed by atoms with Gasteiger partial charge in [0.2, 0.25) is 11.5 Å². The minimum absolute atomic E-state index is 0.190. The number of carbonyl (C=O) groups excluding carboxylic acids is 2.